The van der Waals surface area contributed by atoms with Gasteiger partial charge in [0.25, 0.3) is 0 Å². The fourth-order valence-corrected chi connectivity index (χ4v) is 3.23. The van der Waals surface area contributed by atoms with Crippen LogP contribution >= 0.6 is 0 Å². The minimum atomic E-state index is -0.129. The Morgan fingerprint density at radius 3 is 2.33 bits per heavy atom. The van der Waals surface area contributed by atoms with Gasteiger partial charge in [-0.15, -0.1) is 0 Å². The molecule has 0 aromatic heterocycles. The van der Waals surface area contributed by atoms with E-state index in [-0.39, 0.29) is 26.7 Å². The summed E-state index contributed by atoms with van der Waals surface area (Å²) in [4.78, 5) is 0. The Hall–Kier alpha value is -0.0604. The summed E-state index contributed by atoms with van der Waals surface area (Å²) in [6, 6.07) is 6.95. The molecule has 12 heavy (non-hydrogen) atoms. The Bertz CT molecular complexity index is 228. The van der Waals surface area contributed by atoms with Crippen LogP contribution < -0.4 is 3.61 Å². The average Bonchev–Trinajstić information content (AvgIpc) is 2.03. The predicted octanol–water partition coefficient (Wildman–Crippen LogP) is 2.23. The van der Waals surface area contributed by atoms with Crippen molar-refractivity contribution < 1.29 is 4.39 Å². The summed E-state index contributed by atoms with van der Waals surface area (Å²) in [6.45, 7) is 4.46. The van der Waals surface area contributed by atoms with Gasteiger partial charge in [0.05, 0.1) is 0 Å². The predicted molar refractivity (Wildman–Crippen MR) is 51.4 cm³/mol. The number of benzene rings is 1. The van der Waals surface area contributed by atoms with Crippen molar-refractivity contribution in [3.8, 4) is 0 Å². The summed E-state index contributed by atoms with van der Waals surface area (Å²) in [7, 11) is 0. The van der Waals surface area contributed by atoms with Crippen molar-refractivity contribution in [1.29, 1.82) is 0 Å². The quantitative estimate of drug-likeness (QED) is 0.745. The Kier molecular flexibility index (Phi) is 4.04. The van der Waals surface area contributed by atoms with E-state index in [0.717, 1.165) is 5.92 Å². The zero-order chi connectivity index (χ0) is 8.97. The Labute approximate surface area is 83.3 Å². The summed E-state index contributed by atoms with van der Waals surface area (Å²) >= 11 is -0.0651. The fourth-order valence-electron chi connectivity index (χ4n) is 0.794. The van der Waals surface area contributed by atoms with Gasteiger partial charge in [-0.2, -0.15) is 0 Å². The van der Waals surface area contributed by atoms with Gasteiger partial charge in [0.1, 0.15) is 0 Å². The van der Waals surface area contributed by atoms with Crippen molar-refractivity contribution in [2.24, 2.45) is 5.92 Å². The van der Waals surface area contributed by atoms with Crippen LogP contribution in [-0.2, 0) is 0 Å². The average molecular weight is 280 g/mol. The third-order valence-corrected chi connectivity index (χ3v) is 5.50. The van der Waals surface area contributed by atoms with E-state index in [0.29, 0.717) is 0 Å². The monoisotopic (exact) mass is 282 g/mol. The van der Waals surface area contributed by atoms with Crippen LogP contribution in [0.25, 0.3) is 0 Å². The van der Waals surface area contributed by atoms with Crippen LogP contribution in [0.2, 0.25) is 4.47 Å². The summed E-state index contributed by atoms with van der Waals surface area (Å²) in [5.74, 6) is 0.646. The van der Waals surface area contributed by atoms with Gasteiger partial charge in [-0.1, -0.05) is 0 Å². The molecule has 1 rings (SSSR count). The molecule has 0 fully saturated rings. The van der Waals surface area contributed by atoms with Crippen LogP contribution in [-0.4, -0.2) is 20.9 Å². The molecule has 0 bridgehead atoms. The molecule has 1 aromatic carbocycles. The van der Waals surface area contributed by atoms with Gasteiger partial charge in [0.15, 0.2) is 0 Å². The van der Waals surface area contributed by atoms with E-state index >= 15 is 0 Å². The molecule has 0 saturated carbocycles. The van der Waals surface area contributed by atoms with Crippen molar-refractivity contribution in [2.75, 3.05) is 0 Å². The second kappa shape index (κ2) is 4.84. The zero-order valence-corrected chi connectivity index (χ0v) is 9.71. The summed E-state index contributed by atoms with van der Waals surface area (Å²) in [5.41, 5.74) is 0. The van der Waals surface area contributed by atoms with E-state index in [2.05, 4.69) is 13.8 Å². The first kappa shape index (κ1) is 10.0. The van der Waals surface area contributed by atoms with E-state index < -0.39 is 0 Å². The van der Waals surface area contributed by atoms with E-state index in [1.54, 1.807) is 12.1 Å². The van der Waals surface area contributed by atoms with E-state index in [1.807, 2.05) is 12.1 Å². The van der Waals surface area contributed by atoms with E-state index in [1.165, 1.54) is 8.08 Å². The standard InChI is InChI=1S/C10H13FTe/c1-8(2)7-12-10-5-3-9(11)4-6-10/h3-6,8H,7H2,1-2H3. The summed E-state index contributed by atoms with van der Waals surface area (Å²) < 4.78 is 15.2. The molecule has 66 valence electrons. The number of hydrogen-bond donors (Lipinski definition) is 0. The van der Waals surface area contributed by atoms with Crippen LogP contribution in [0.3, 0.4) is 0 Å². The number of hydrogen-bond acceptors (Lipinski definition) is 0. The van der Waals surface area contributed by atoms with Gasteiger partial charge in [0.2, 0.25) is 0 Å². The molecule has 0 spiro atoms. The van der Waals surface area contributed by atoms with E-state index in [4.69, 9.17) is 0 Å². The maximum absolute atomic E-state index is 12.5. The van der Waals surface area contributed by atoms with Gasteiger partial charge in [-0.05, 0) is 0 Å². The van der Waals surface area contributed by atoms with Crippen molar-refractivity contribution in [1.82, 2.24) is 0 Å². The van der Waals surface area contributed by atoms with Crippen LogP contribution in [0.15, 0.2) is 24.3 Å². The molecule has 0 aliphatic carbocycles. The van der Waals surface area contributed by atoms with Gasteiger partial charge in [0, 0.05) is 0 Å². The molecule has 0 atom stereocenters. The Balaban J connectivity index is 2.48. The molecule has 0 aliphatic rings. The third kappa shape index (κ3) is 3.56. The molecule has 1 aromatic rings. The van der Waals surface area contributed by atoms with Crippen molar-refractivity contribution in [3.63, 3.8) is 0 Å². The molecule has 0 unspecified atom stereocenters. The van der Waals surface area contributed by atoms with Crippen molar-refractivity contribution in [3.05, 3.63) is 30.1 Å². The molecule has 0 N–H and O–H groups in total. The van der Waals surface area contributed by atoms with Crippen molar-refractivity contribution in [2.45, 2.75) is 18.3 Å². The minimum absolute atomic E-state index is 0.0651. The van der Waals surface area contributed by atoms with Crippen LogP contribution in [0, 0.1) is 11.7 Å². The van der Waals surface area contributed by atoms with Crippen LogP contribution in [0.4, 0.5) is 4.39 Å². The van der Waals surface area contributed by atoms with Crippen molar-refractivity contribution >= 4 is 24.5 Å². The summed E-state index contributed by atoms with van der Waals surface area (Å²) in [5, 5.41) is 0. The van der Waals surface area contributed by atoms with E-state index in [9.17, 15) is 4.39 Å². The molecule has 0 heterocycles. The molecular formula is C10H13FTe. The van der Waals surface area contributed by atoms with Crippen LogP contribution in [0.1, 0.15) is 13.8 Å². The first-order valence-electron chi connectivity index (χ1n) is 4.07. The van der Waals surface area contributed by atoms with Crippen LogP contribution in [0.5, 0.6) is 0 Å². The maximum atomic E-state index is 12.5. The fraction of sp³-hybridized carbons (Fsp3) is 0.400. The topological polar surface area (TPSA) is 0 Å². The molecular weight excluding hydrogens is 267 g/mol. The van der Waals surface area contributed by atoms with Gasteiger partial charge in [-0.25, -0.2) is 0 Å². The summed E-state index contributed by atoms with van der Waals surface area (Å²) in [6.07, 6.45) is 0. The van der Waals surface area contributed by atoms with Gasteiger partial charge < -0.3 is 0 Å². The Morgan fingerprint density at radius 1 is 1.25 bits per heavy atom. The molecule has 0 saturated heterocycles. The third-order valence-electron chi connectivity index (χ3n) is 1.40. The first-order valence-corrected chi connectivity index (χ1v) is 6.88. The van der Waals surface area contributed by atoms with Gasteiger partial charge >= 0.3 is 83.2 Å². The normalized spacial score (nSPS) is 10.7. The molecule has 2 heteroatoms. The first-order chi connectivity index (χ1) is 5.68. The number of halogens is 1. The second-order valence-electron chi connectivity index (χ2n) is 3.16. The molecule has 0 amide bonds. The number of rotatable bonds is 3. The zero-order valence-electron chi connectivity index (χ0n) is 7.38. The molecule has 0 aliphatic heterocycles. The molecule has 0 nitrogen and oxygen atoms in total. The SMILES string of the molecule is CC(C)C[Te]c1ccc(F)cc1. The second-order valence-corrected chi connectivity index (χ2v) is 6.28. The Morgan fingerprint density at radius 2 is 1.83 bits per heavy atom. The van der Waals surface area contributed by atoms with Gasteiger partial charge in [-0.3, -0.25) is 0 Å². The molecule has 0 radical (unpaired) electrons.